The number of benzene rings is 1. The third-order valence-electron chi connectivity index (χ3n) is 2.84. The smallest absolute Gasteiger partial charge is 0.163 e. The van der Waals surface area contributed by atoms with E-state index >= 15 is 0 Å². The van der Waals surface area contributed by atoms with E-state index in [2.05, 4.69) is 11.1 Å². The molecule has 96 valence electrons. The Morgan fingerprint density at radius 1 is 1.32 bits per heavy atom. The van der Waals surface area contributed by atoms with Gasteiger partial charge in [-0.25, -0.2) is 4.98 Å². The molecule has 1 aromatic carbocycles. The van der Waals surface area contributed by atoms with Crippen molar-refractivity contribution in [2.24, 2.45) is 5.73 Å². The maximum absolute atomic E-state index is 5.79. The number of fused-ring (bicyclic) bond motifs is 1. The topological polar surface area (TPSA) is 52.0 Å². The second kappa shape index (κ2) is 4.99. The third kappa shape index (κ3) is 2.45. The summed E-state index contributed by atoms with van der Waals surface area (Å²) in [6.07, 6.45) is 1.96. The van der Waals surface area contributed by atoms with Crippen LogP contribution in [0, 0.1) is 0 Å². The van der Waals surface area contributed by atoms with E-state index in [1.54, 1.807) is 11.3 Å². The molecule has 2 heterocycles. The molecule has 0 saturated heterocycles. The number of nitrogens with zero attached hydrogens (tertiary/aromatic N) is 1. The number of furan rings is 1. The van der Waals surface area contributed by atoms with Crippen LogP contribution in [0.3, 0.4) is 0 Å². The Hall–Kier alpha value is -1.91. The molecule has 19 heavy (non-hydrogen) atoms. The predicted molar refractivity (Wildman–Crippen MR) is 80.0 cm³/mol. The average Bonchev–Trinajstić information content (AvgIpc) is 3.04. The molecule has 4 heteroatoms. The molecule has 0 fully saturated rings. The van der Waals surface area contributed by atoms with Crippen LogP contribution in [-0.4, -0.2) is 11.5 Å². The lowest BCUT2D eigenvalue weighted by molar-refractivity contribution is 0.571. The van der Waals surface area contributed by atoms with Crippen LogP contribution in [0.4, 0.5) is 0 Å². The molecule has 0 spiro atoms. The summed E-state index contributed by atoms with van der Waals surface area (Å²) in [6, 6.07) is 12.0. The molecule has 0 aliphatic heterocycles. The normalized spacial score (nSPS) is 12.2. The SMILES string of the molecule is CC(=Cc1ccc(-c2nc3ccccc3s2)o1)CN. The molecule has 3 nitrogen and oxygen atoms in total. The summed E-state index contributed by atoms with van der Waals surface area (Å²) in [5.74, 6) is 1.62. The Labute approximate surface area is 115 Å². The van der Waals surface area contributed by atoms with Gasteiger partial charge in [-0.2, -0.15) is 0 Å². The van der Waals surface area contributed by atoms with Crippen LogP contribution in [0.1, 0.15) is 12.7 Å². The maximum Gasteiger partial charge on any atom is 0.163 e. The Bertz CT molecular complexity index is 706. The van der Waals surface area contributed by atoms with Gasteiger partial charge in [-0.3, -0.25) is 0 Å². The molecule has 3 rings (SSSR count). The molecule has 0 aliphatic carbocycles. The van der Waals surface area contributed by atoms with Crippen LogP contribution < -0.4 is 5.73 Å². The van der Waals surface area contributed by atoms with Gasteiger partial charge in [0.15, 0.2) is 10.8 Å². The minimum Gasteiger partial charge on any atom is -0.454 e. The molecule has 0 atom stereocenters. The molecule has 2 N–H and O–H groups in total. The van der Waals surface area contributed by atoms with Crippen molar-refractivity contribution in [1.82, 2.24) is 4.98 Å². The zero-order valence-electron chi connectivity index (χ0n) is 10.6. The molecule has 2 aromatic heterocycles. The number of hydrogen-bond donors (Lipinski definition) is 1. The molecular formula is C15H14N2OS. The summed E-state index contributed by atoms with van der Waals surface area (Å²) in [4.78, 5) is 4.57. The number of thiazole rings is 1. The van der Waals surface area contributed by atoms with Crippen molar-refractivity contribution < 1.29 is 4.42 Å². The Morgan fingerprint density at radius 3 is 2.95 bits per heavy atom. The number of para-hydroxylation sites is 1. The van der Waals surface area contributed by atoms with Gasteiger partial charge in [-0.15, -0.1) is 11.3 Å². The summed E-state index contributed by atoms with van der Waals surface area (Å²) in [5.41, 5.74) is 7.67. The van der Waals surface area contributed by atoms with Crippen molar-refractivity contribution in [3.8, 4) is 10.8 Å². The number of aromatic nitrogens is 1. The fraction of sp³-hybridized carbons (Fsp3) is 0.133. The van der Waals surface area contributed by atoms with Crippen molar-refractivity contribution >= 4 is 27.6 Å². The summed E-state index contributed by atoms with van der Waals surface area (Å²) in [5, 5.41) is 0.909. The van der Waals surface area contributed by atoms with E-state index in [-0.39, 0.29) is 0 Å². The quantitative estimate of drug-likeness (QED) is 0.784. The maximum atomic E-state index is 5.79. The number of nitrogens with two attached hydrogens (primary N) is 1. The predicted octanol–water partition coefficient (Wildman–Crippen LogP) is 3.92. The van der Waals surface area contributed by atoms with Crippen molar-refractivity contribution in [2.75, 3.05) is 6.54 Å². The van der Waals surface area contributed by atoms with Gasteiger partial charge in [0, 0.05) is 6.54 Å². The summed E-state index contributed by atoms with van der Waals surface area (Å²) in [6.45, 7) is 2.52. The molecule has 0 aliphatic rings. The first-order chi connectivity index (χ1) is 9.26. The van der Waals surface area contributed by atoms with Crippen LogP contribution >= 0.6 is 11.3 Å². The lowest BCUT2D eigenvalue weighted by Crippen LogP contribution is -1.98. The highest BCUT2D eigenvalue weighted by Crippen LogP contribution is 2.31. The van der Waals surface area contributed by atoms with Crippen molar-refractivity contribution in [1.29, 1.82) is 0 Å². The Morgan fingerprint density at radius 2 is 2.16 bits per heavy atom. The van der Waals surface area contributed by atoms with Crippen LogP contribution in [0.25, 0.3) is 27.1 Å². The fourth-order valence-electron chi connectivity index (χ4n) is 1.82. The second-order valence-electron chi connectivity index (χ2n) is 4.38. The van der Waals surface area contributed by atoms with E-state index in [1.165, 1.54) is 4.70 Å². The molecular weight excluding hydrogens is 256 g/mol. The van der Waals surface area contributed by atoms with E-state index in [1.807, 2.05) is 43.3 Å². The number of rotatable bonds is 3. The first kappa shape index (κ1) is 12.1. The lowest BCUT2D eigenvalue weighted by Gasteiger charge is -1.92. The standard InChI is InChI=1S/C15H14N2OS/c1-10(9-16)8-11-6-7-13(18-11)15-17-12-4-2-3-5-14(12)19-15/h2-8H,9,16H2,1H3. The van der Waals surface area contributed by atoms with E-state index in [4.69, 9.17) is 10.2 Å². The Balaban J connectivity index is 1.98. The summed E-state index contributed by atoms with van der Waals surface area (Å²) >= 11 is 1.64. The summed E-state index contributed by atoms with van der Waals surface area (Å²) < 4.78 is 6.96. The number of hydrogen-bond acceptors (Lipinski definition) is 4. The molecule has 0 radical (unpaired) electrons. The van der Waals surface area contributed by atoms with Gasteiger partial charge >= 0.3 is 0 Å². The van der Waals surface area contributed by atoms with E-state index in [0.29, 0.717) is 6.54 Å². The molecule has 0 saturated carbocycles. The van der Waals surface area contributed by atoms with Crippen molar-refractivity contribution in [3.63, 3.8) is 0 Å². The minimum atomic E-state index is 0.539. The van der Waals surface area contributed by atoms with Gasteiger partial charge in [0.05, 0.1) is 10.2 Å². The van der Waals surface area contributed by atoms with Crippen LogP contribution in [0.5, 0.6) is 0 Å². The first-order valence-corrected chi connectivity index (χ1v) is 6.91. The molecule has 0 amide bonds. The largest absolute Gasteiger partial charge is 0.454 e. The van der Waals surface area contributed by atoms with Gasteiger partial charge in [0.2, 0.25) is 0 Å². The fourth-order valence-corrected chi connectivity index (χ4v) is 2.75. The highest BCUT2D eigenvalue weighted by Gasteiger charge is 2.09. The summed E-state index contributed by atoms with van der Waals surface area (Å²) in [7, 11) is 0. The lowest BCUT2D eigenvalue weighted by atomic mass is 10.2. The van der Waals surface area contributed by atoms with E-state index in [9.17, 15) is 0 Å². The van der Waals surface area contributed by atoms with Gasteiger partial charge < -0.3 is 10.2 Å². The molecule has 0 unspecified atom stereocenters. The zero-order chi connectivity index (χ0) is 13.2. The zero-order valence-corrected chi connectivity index (χ0v) is 11.4. The van der Waals surface area contributed by atoms with Gasteiger partial charge in [0.25, 0.3) is 0 Å². The molecule has 0 bridgehead atoms. The highest BCUT2D eigenvalue weighted by molar-refractivity contribution is 7.21. The second-order valence-corrected chi connectivity index (χ2v) is 5.41. The Kier molecular flexibility index (Phi) is 3.19. The third-order valence-corrected chi connectivity index (χ3v) is 3.89. The van der Waals surface area contributed by atoms with Crippen LogP contribution in [0.15, 0.2) is 46.4 Å². The first-order valence-electron chi connectivity index (χ1n) is 6.09. The van der Waals surface area contributed by atoms with Gasteiger partial charge in [-0.1, -0.05) is 17.7 Å². The van der Waals surface area contributed by atoms with Crippen molar-refractivity contribution in [3.05, 3.63) is 47.7 Å². The monoisotopic (exact) mass is 270 g/mol. The van der Waals surface area contributed by atoms with Crippen LogP contribution in [-0.2, 0) is 0 Å². The van der Waals surface area contributed by atoms with E-state index in [0.717, 1.165) is 27.6 Å². The van der Waals surface area contributed by atoms with Gasteiger partial charge in [0.1, 0.15) is 5.76 Å². The molecule has 3 aromatic rings. The van der Waals surface area contributed by atoms with Crippen LogP contribution in [0.2, 0.25) is 0 Å². The van der Waals surface area contributed by atoms with E-state index < -0.39 is 0 Å². The van der Waals surface area contributed by atoms with Crippen molar-refractivity contribution in [2.45, 2.75) is 6.92 Å². The highest BCUT2D eigenvalue weighted by atomic mass is 32.1. The minimum absolute atomic E-state index is 0.539. The average molecular weight is 270 g/mol. The van der Waals surface area contributed by atoms with Gasteiger partial charge in [-0.05, 0) is 37.3 Å².